The lowest BCUT2D eigenvalue weighted by Crippen LogP contribution is -2.26. The number of hydrogen-bond acceptors (Lipinski definition) is 4. The minimum atomic E-state index is 0.808. The molecular weight excluding hydrogens is 324 g/mol. The summed E-state index contributed by atoms with van der Waals surface area (Å²) in [5, 5.41) is 0.814. The van der Waals surface area contributed by atoms with Crippen LogP contribution in [-0.2, 0) is 0 Å². The Bertz CT molecular complexity index is 372. The van der Waals surface area contributed by atoms with Crippen LogP contribution in [-0.4, -0.2) is 41.4 Å². The van der Waals surface area contributed by atoms with Gasteiger partial charge in [0.25, 0.3) is 0 Å². The van der Waals surface area contributed by atoms with Gasteiger partial charge in [-0.05, 0) is 37.9 Å². The van der Waals surface area contributed by atoms with Crippen molar-refractivity contribution < 1.29 is 0 Å². The maximum Gasteiger partial charge on any atom is 0.0947 e. The van der Waals surface area contributed by atoms with Crippen molar-refractivity contribution in [2.24, 2.45) is 27.4 Å². The Morgan fingerprint density at radius 3 is 2.17 bits per heavy atom. The molecule has 1 rings (SSSR count). The third-order valence-electron chi connectivity index (χ3n) is 4.32. The number of rotatable bonds is 13. The fourth-order valence-electron chi connectivity index (χ4n) is 2.50. The van der Waals surface area contributed by atoms with Crippen molar-refractivity contribution >= 4 is 35.2 Å². The molecule has 1 saturated carbocycles. The van der Waals surface area contributed by atoms with E-state index < -0.39 is 0 Å². The molecule has 0 amide bonds. The van der Waals surface area contributed by atoms with Crippen LogP contribution in [0.3, 0.4) is 0 Å². The second-order valence-corrected chi connectivity index (χ2v) is 8.50. The van der Waals surface area contributed by atoms with Crippen LogP contribution in [0.1, 0.15) is 58.3 Å². The Morgan fingerprint density at radius 2 is 1.65 bits per heavy atom. The van der Waals surface area contributed by atoms with Crippen molar-refractivity contribution in [3.05, 3.63) is 0 Å². The van der Waals surface area contributed by atoms with Gasteiger partial charge in [0.1, 0.15) is 0 Å². The molecule has 2 unspecified atom stereocenters. The molecule has 0 aromatic heterocycles. The lowest BCUT2D eigenvalue weighted by atomic mass is 9.87. The van der Waals surface area contributed by atoms with Crippen LogP contribution in [0.5, 0.6) is 0 Å². The van der Waals surface area contributed by atoms with E-state index in [2.05, 4.69) is 23.2 Å². The average Bonchev–Trinajstić information content (AvgIpc) is 2.53. The largest absolute Gasteiger partial charge is 0.387 e. The summed E-state index contributed by atoms with van der Waals surface area (Å²) in [7, 11) is 0. The fourth-order valence-corrected chi connectivity index (χ4v) is 3.98. The molecule has 4 N–H and O–H groups in total. The van der Waals surface area contributed by atoms with Crippen LogP contribution in [0.4, 0.5) is 0 Å². The molecule has 0 aliphatic heterocycles. The molecule has 1 aliphatic rings. The summed E-state index contributed by atoms with van der Waals surface area (Å²) in [6, 6.07) is 0. The molecule has 0 aromatic carbocycles. The van der Waals surface area contributed by atoms with Crippen molar-refractivity contribution in [3.63, 3.8) is 0 Å². The molecule has 0 spiro atoms. The van der Waals surface area contributed by atoms with Crippen LogP contribution >= 0.6 is 23.5 Å². The average molecular weight is 359 g/mol. The molecule has 23 heavy (non-hydrogen) atoms. The van der Waals surface area contributed by atoms with Gasteiger partial charge in [-0.1, -0.05) is 19.8 Å². The molecule has 1 aliphatic carbocycles. The molecule has 0 radical (unpaired) electrons. The highest BCUT2D eigenvalue weighted by molar-refractivity contribution is 7.99. The number of aliphatic imine (C=N–C) groups is 2. The molecule has 1 fully saturated rings. The fraction of sp³-hybridized carbons (Fsp3) is 0.882. The standard InChI is InChI=1S/C17H34N4S2/c1-14-9-10-15(14)23-13-21-17(19)8-6-4-3-5-7-16(18)20-11-12-22-2/h14-15H,3-13H2,1-2H3,(H2,18,20)(H2,19,21). The quantitative estimate of drug-likeness (QED) is 0.297. The maximum atomic E-state index is 5.98. The van der Waals surface area contributed by atoms with E-state index in [1.165, 1.54) is 25.7 Å². The molecule has 134 valence electrons. The van der Waals surface area contributed by atoms with Crippen molar-refractivity contribution in [2.75, 3.05) is 24.4 Å². The topological polar surface area (TPSA) is 76.8 Å². The van der Waals surface area contributed by atoms with E-state index in [-0.39, 0.29) is 0 Å². The van der Waals surface area contributed by atoms with Gasteiger partial charge in [-0.2, -0.15) is 11.8 Å². The van der Waals surface area contributed by atoms with E-state index in [9.17, 15) is 0 Å². The van der Waals surface area contributed by atoms with E-state index in [1.54, 1.807) is 11.8 Å². The first-order valence-corrected chi connectivity index (χ1v) is 11.3. The predicted octanol–water partition coefficient (Wildman–Crippen LogP) is 3.89. The third kappa shape index (κ3) is 10.2. The zero-order chi connectivity index (χ0) is 16.9. The first-order chi connectivity index (χ1) is 11.1. The normalized spacial score (nSPS) is 22.2. The summed E-state index contributed by atoms with van der Waals surface area (Å²) in [5.41, 5.74) is 11.9. The number of hydrogen-bond donors (Lipinski definition) is 2. The SMILES string of the molecule is CSCCN=C(N)CCCCCCC(N)=NCSC1CCC1C. The maximum absolute atomic E-state index is 5.98. The van der Waals surface area contributed by atoms with E-state index in [0.717, 1.165) is 66.7 Å². The summed E-state index contributed by atoms with van der Waals surface area (Å²) < 4.78 is 0. The van der Waals surface area contributed by atoms with E-state index in [0.29, 0.717) is 0 Å². The summed E-state index contributed by atoms with van der Waals surface area (Å²) >= 11 is 3.77. The minimum Gasteiger partial charge on any atom is -0.387 e. The zero-order valence-corrected chi connectivity index (χ0v) is 16.4. The lowest BCUT2D eigenvalue weighted by Gasteiger charge is -2.32. The monoisotopic (exact) mass is 358 g/mol. The third-order valence-corrected chi connectivity index (χ3v) is 6.32. The van der Waals surface area contributed by atoms with Gasteiger partial charge in [-0.3, -0.25) is 9.98 Å². The molecule has 4 nitrogen and oxygen atoms in total. The highest BCUT2D eigenvalue weighted by atomic mass is 32.2. The smallest absolute Gasteiger partial charge is 0.0947 e. The number of unbranched alkanes of at least 4 members (excludes halogenated alkanes) is 3. The van der Waals surface area contributed by atoms with Gasteiger partial charge >= 0.3 is 0 Å². The second kappa shape index (κ2) is 13.0. The Balaban J connectivity index is 1.94. The van der Waals surface area contributed by atoms with Crippen molar-refractivity contribution in [2.45, 2.75) is 63.5 Å². The first kappa shape index (κ1) is 20.7. The van der Waals surface area contributed by atoms with Crippen LogP contribution in [0, 0.1) is 5.92 Å². The van der Waals surface area contributed by atoms with Gasteiger partial charge in [-0.15, -0.1) is 11.8 Å². The predicted molar refractivity (Wildman–Crippen MR) is 109 cm³/mol. The second-order valence-electron chi connectivity index (χ2n) is 6.32. The summed E-state index contributed by atoms with van der Waals surface area (Å²) in [5.74, 6) is 4.39. The van der Waals surface area contributed by atoms with Gasteiger partial charge in [0.05, 0.1) is 17.5 Å². The highest BCUT2D eigenvalue weighted by Gasteiger charge is 2.26. The Hall–Kier alpha value is -0.360. The Kier molecular flexibility index (Phi) is 11.7. The van der Waals surface area contributed by atoms with Crippen molar-refractivity contribution in [3.8, 4) is 0 Å². The van der Waals surface area contributed by atoms with E-state index in [1.807, 2.05) is 11.8 Å². The van der Waals surface area contributed by atoms with Gasteiger partial charge in [0.2, 0.25) is 0 Å². The summed E-state index contributed by atoms with van der Waals surface area (Å²) in [4.78, 5) is 8.84. The van der Waals surface area contributed by atoms with Gasteiger partial charge in [0, 0.05) is 30.4 Å². The highest BCUT2D eigenvalue weighted by Crippen LogP contribution is 2.36. The summed E-state index contributed by atoms with van der Waals surface area (Å²) in [6.07, 6.45) is 11.3. The molecule has 2 atom stereocenters. The minimum absolute atomic E-state index is 0.808. The van der Waals surface area contributed by atoms with Gasteiger partial charge < -0.3 is 11.5 Å². The van der Waals surface area contributed by atoms with E-state index >= 15 is 0 Å². The van der Waals surface area contributed by atoms with Crippen LogP contribution < -0.4 is 11.5 Å². The van der Waals surface area contributed by atoms with Crippen molar-refractivity contribution in [1.82, 2.24) is 0 Å². The molecule has 0 aromatic rings. The molecule has 0 bridgehead atoms. The lowest BCUT2D eigenvalue weighted by molar-refractivity contribution is 0.363. The molecular formula is C17H34N4S2. The zero-order valence-electron chi connectivity index (χ0n) is 14.8. The molecule has 6 heteroatoms. The Morgan fingerprint density at radius 1 is 1.00 bits per heavy atom. The number of amidine groups is 2. The summed E-state index contributed by atoms with van der Waals surface area (Å²) in [6.45, 7) is 3.17. The number of nitrogens with zero attached hydrogens (tertiary/aromatic N) is 2. The van der Waals surface area contributed by atoms with Crippen LogP contribution in [0.2, 0.25) is 0 Å². The molecule has 0 saturated heterocycles. The van der Waals surface area contributed by atoms with Gasteiger partial charge in [0.15, 0.2) is 0 Å². The van der Waals surface area contributed by atoms with Crippen LogP contribution in [0.15, 0.2) is 9.98 Å². The number of nitrogens with two attached hydrogens (primary N) is 2. The van der Waals surface area contributed by atoms with E-state index in [4.69, 9.17) is 11.5 Å². The molecule has 0 heterocycles. The number of thioether (sulfide) groups is 2. The van der Waals surface area contributed by atoms with Crippen molar-refractivity contribution in [1.29, 1.82) is 0 Å². The van der Waals surface area contributed by atoms with Gasteiger partial charge in [-0.25, -0.2) is 0 Å². The van der Waals surface area contributed by atoms with Crippen LogP contribution in [0.25, 0.3) is 0 Å². The Labute approximate surface area is 150 Å². The first-order valence-electron chi connectivity index (χ1n) is 8.81.